The highest BCUT2D eigenvalue weighted by molar-refractivity contribution is 5.80. The summed E-state index contributed by atoms with van der Waals surface area (Å²) in [6, 6.07) is 13.2. The van der Waals surface area contributed by atoms with Crippen molar-refractivity contribution in [2.75, 3.05) is 27.4 Å². The fraction of sp³-hybridized carbons (Fsp3) is 0.400. The Morgan fingerprint density at radius 2 is 1.88 bits per heavy atom. The Labute approximate surface area is 193 Å². The number of ether oxygens (including phenoxy) is 3. The predicted molar refractivity (Wildman–Crippen MR) is 123 cm³/mol. The number of aromatic nitrogens is 2. The first-order chi connectivity index (χ1) is 16.0. The Morgan fingerprint density at radius 3 is 2.58 bits per heavy atom. The Hall–Kier alpha value is -3.55. The molecule has 3 aromatic rings. The van der Waals surface area contributed by atoms with Gasteiger partial charge in [0.2, 0.25) is 17.6 Å². The van der Waals surface area contributed by atoms with Gasteiger partial charge in [-0.15, -0.1) is 0 Å². The van der Waals surface area contributed by atoms with Crippen molar-refractivity contribution in [3.8, 4) is 28.6 Å². The van der Waals surface area contributed by atoms with E-state index in [9.17, 15) is 4.79 Å². The third kappa shape index (κ3) is 4.79. The number of likely N-dealkylation sites (tertiary alicyclic amines) is 1. The third-order valence-corrected chi connectivity index (χ3v) is 5.89. The van der Waals surface area contributed by atoms with Crippen molar-refractivity contribution in [1.29, 1.82) is 0 Å². The summed E-state index contributed by atoms with van der Waals surface area (Å²) in [4.78, 5) is 19.2. The fourth-order valence-electron chi connectivity index (χ4n) is 4.00. The monoisotopic (exact) mass is 451 g/mol. The molecule has 174 valence electrons. The van der Waals surface area contributed by atoms with Gasteiger partial charge in [0, 0.05) is 18.5 Å². The largest absolute Gasteiger partial charge is 0.494 e. The number of carbonyl (C=O) groups excluding carboxylic acids is 1. The lowest BCUT2D eigenvalue weighted by atomic mass is 10.1. The summed E-state index contributed by atoms with van der Waals surface area (Å²) in [6.45, 7) is 5.26. The number of rotatable bonds is 9. The van der Waals surface area contributed by atoms with Gasteiger partial charge in [0.1, 0.15) is 5.75 Å². The van der Waals surface area contributed by atoms with Crippen LogP contribution in [0.4, 0.5) is 0 Å². The maximum absolute atomic E-state index is 12.8. The quantitative estimate of drug-likeness (QED) is 0.469. The highest BCUT2D eigenvalue weighted by atomic mass is 16.5. The van der Waals surface area contributed by atoms with Crippen LogP contribution in [0.5, 0.6) is 17.2 Å². The molecule has 1 aromatic heterocycles. The van der Waals surface area contributed by atoms with E-state index in [1.165, 1.54) is 0 Å². The molecule has 1 saturated heterocycles. The standard InChI is InChI=1S/C25H29N3O5/c1-5-12-32-20-9-6-17(7-10-20)24-26-25(33-27-24)19-14-23(29)28(15-19)16(2)18-8-11-21(30-3)22(13-18)31-4/h6-11,13,16,19H,5,12,14-15H2,1-4H3. The minimum atomic E-state index is -0.145. The molecule has 0 spiro atoms. The molecule has 8 heteroatoms. The lowest BCUT2D eigenvalue weighted by Crippen LogP contribution is -2.28. The van der Waals surface area contributed by atoms with Crippen molar-refractivity contribution in [2.24, 2.45) is 0 Å². The van der Waals surface area contributed by atoms with E-state index in [1.807, 2.05) is 54.3 Å². The number of hydrogen-bond acceptors (Lipinski definition) is 7. The minimum absolute atomic E-state index is 0.0551. The summed E-state index contributed by atoms with van der Waals surface area (Å²) in [5.41, 5.74) is 1.81. The highest BCUT2D eigenvalue weighted by Gasteiger charge is 2.37. The normalized spacial score (nSPS) is 16.7. The fourth-order valence-corrected chi connectivity index (χ4v) is 4.00. The van der Waals surface area contributed by atoms with Crippen LogP contribution in [0.15, 0.2) is 47.0 Å². The Balaban J connectivity index is 1.46. The molecular weight excluding hydrogens is 422 g/mol. The molecule has 1 aliphatic rings. The van der Waals surface area contributed by atoms with Crippen LogP contribution < -0.4 is 14.2 Å². The van der Waals surface area contributed by atoms with Crippen molar-refractivity contribution < 1.29 is 23.5 Å². The number of carbonyl (C=O) groups is 1. The zero-order valence-corrected chi connectivity index (χ0v) is 19.4. The van der Waals surface area contributed by atoms with Gasteiger partial charge in [0.05, 0.1) is 32.8 Å². The Kier molecular flexibility index (Phi) is 6.82. The van der Waals surface area contributed by atoms with Crippen LogP contribution in [0.2, 0.25) is 0 Å². The van der Waals surface area contributed by atoms with Crippen LogP contribution in [0.3, 0.4) is 0 Å². The molecule has 2 unspecified atom stereocenters. The molecule has 33 heavy (non-hydrogen) atoms. The van der Waals surface area contributed by atoms with E-state index in [2.05, 4.69) is 17.1 Å². The first kappa shape index (κ1) is 22.6. The van der Waals surface area contributed by atoms with Crippen LogP contribution in [-0.4, -0.2) is 48.3 Å². The maximum Gasteiger partial charge on any atom is 0.232 e. The highest BCUT2D eigenvalue weighted by Crippen LogP contribution is 2.37. The molecule has 0 aliphatic carbocycles. The SMILES string of the molecule is CCCOc1ccc(-c2noc(C3CC(=O)N(C(C)c4ccc(OC)c(OC)c4)C3)n2)cc1. The molecule has 0 N–H and O–H groups in total. The van der Waals surface area contributed by atoms with Crippen LogP contribution in [-0.2, 0) is 4.79 Å². The van der Waals surface area contributed by atoms with E-state index in [0.717, 1.165) is 23.3 Å². The van der Waals surface area contributed by atoms with Gasteiger partial charge in [-0.25, -0.2) is 0 Å². The average Bonchev–Trinajstić information content (AvgIpc) is 3.49. The zero-order valence-electron chi connectivity index (χ0n) is 19.4. The second-order valence-electron chi connectivity index (χ2n) is 8.07. The van der Waals surface area contributed by atoms with Crippen LogP contribution in [0, 0.1) is 0 Å². The molecule has 1 fully saturated rings. The van der Waals surface area contributed by atoms with Gasteiger partial charge in [0.15, 0.2) is 11.5 Å². The molecule has 2 atom stereocenters. The van der Waals surface area contributed by atoms with Gasteiger partial charge in [-0.2, -0.15) is 4.98 Å². The molecule has 0 saturated carbocycles. The van der Waals surface area contributed by atoms with Gasteiger partial charge in [-0.1, -0.05) is 18.1 Å². The summed E-state index contributed by atoms with van der Waals surface area (Å²) < 4.78 is 21.9. The minimum Gasteiger partial charge on any atom is -0.494 e. The van der Waals surface area contributed by atoms with Gasteiger partial charge < -0.3 is 23.6 Å². The molecule has 0 radical (unpaired) electrons. The third-order valence-electron chi connectivity index (χ3n) is 5.89. The van der Waals surface area contributed by atoms with Crippen molar-refractivity contribution in [3.05, 3.63) is 53.9 Å². The van der Waals surface area contributed by atoms with E-state index in [4.69, 9.17) is 18.7 Å². The van der Waals surface area contributed by atoms with Gasteiger partial charge >= 0.3 is 0 Å². The van der Waals surface area contributed by atoms with E-state index < -0.39 is 0 Å². The summed E-state index contributed by atoms with van der Waals surface area (Å²) in [7, 11) is 3.20. The Morgan fingerprint density at radius 1 is 1.12 bits per heavy atom. The molecule has 2 aromatic carbocycles. The first-order valence-corrected chi connectivity index (χ1v) is 11.1. The molecule has 1 aliphatic heterocycles. The molecule has 1 amide bonds. The zero-order chi connectivity index (χ0) is 23.4. The smallest absolute Gasteiger partial charge is 0.232 e. The average molecular weight is 452 g/mol. The van der Waals surface area contributed by atoms with E-state index in [0.29, 0.717) is 42.8 Å². The number of nitrogens with zero attached hydrogens (tertiary/aromatic N) is 3. The molecule has 8 nitrogen and oxygen atoms in total. The number of amides is 1. The summed E-state index contributed by atoms with van der Waals surface area (Å²) >= 11 is 0. The van der Waals surface area contributed by atoms with Crippen molar-refractivity contribution >= 4 is 5.91 Å². The van der Waals surface area contributed by atoms with E-state index in [-0.39, 0.29) is 17.9 Å². The molecular formula is C25H29N3O5. The van der Waals surface area contributed by atoms with Crippen LogP contribution in [0.1, 0.15) is 50.1 Å². The Bertz CT molecular complexity index is 1100. The number of hydrogen-bond donors (Lipinski definition) is 0. The molecule has 4 rings (SSSR count). The van der Waals surface area contributed by atoms with E-state index in [1.54, 1.807) is 14.2 Å². The second kappa shape index (κ2) is 9.94. The van der Waals surface area contributed by atoms with Gasteiger partial charge in [-0.3, -0.25) is 4.79 Å². The summed E-state index contributed by atoms with van der Waals surface area (Å²) in [6.07, 6.45) is 1.29. The van der Waals surface area contributed by atoms with Crippen LogP contribution >= 0.6 is 0 Å². The van der Waals surface area contributed by atoms with Crippen molar-refractivity contribution in [3.63, 3.8) is 0 Å². The van der Waals surface area contributed by atoms with E-state index >= 15 is 0 Å². The molecule has 0 bridgehead atoms. The first-order valence-electron chi connectivity index (χ1n) is 11.1. The summed E-state index contributed by atoms with van der Waals surface area (Å²) in [5, 5.41) is 4.13. The maximum atomic E-state index is 12.8. The lowest BCUT2D eigenvalue weighted by molar-refractivity contribution is -0.129. The van der Waals surface area contributed by atoms with Gasteiger partial charge in [0.25, 0.3) is 0 Å². The lowest BCUT2D eigenvalue weighted by Gasteiger charge is -2.25. The molecule has 2 heterocycles. The predicted octanol–water partition coefficient (Wildman–Crippen LogP) is 4.62. The van der Waals surface area contributed by atoms with Crippen LogP contribution in [0.25, 0.3) is 11.4 Å². The van der Waals surface area contributed by atoms with Crippen molar-refractivity contribution in [2.45, 2.75) is 38.6 Å². The van der Waals surface area contributed by atoms with Gasteiger partial charge in [-0.05, 0) is 55.3 Å². The summed E-state index contributed by atoms with van der Waals surface area (Å²) in [5.74, 6) is 3.00. The topological polar surface area (TPSA) is 86.9 Å². The number of methoxy groups -OCH3 is 2. The van der Waals surface area contributed by atoms with Crippen molar-refractivity contribution in [1.82, 2.24) is 15.0 Å². The number of benzene rings is 2. The second-order valence-corrected chi connectivity index (χ2v) is 8.07.